The molecule has 1 aliphatic heterocycles. The molecule has 0 bridgehead atoms. The van der Waals surface area contributed by atoms with Crippen LogP contribution >= 0.6 is 0 Å². The quantitative estimate of drug-likeness (QED) is 0.890. The van der Waals surface area contributed by atoms with Crippen LogP contribution < -0.4 is 0 Å². The zero-order valence-corrected chi connectivity index (χ0v) is 15.6. The van der Waals surface area contributed by atoms with E-state index in [1.54, 1.807) is 17.8 Å². The Balaban J connectivity index is 1.79. The highest BCUT2D eigenvalue weighted by Gasteiger charge is 2.40. The van der Waals surface area contributed by atoms with E-state index in [2.05, 4.69) is 10.1 Å². The van der Waals surface area contributed by atoms with Crippen molar-refractivity contribution in [1.82, 2.24) is 19.1 Å². The van der Waals surface area contributed by atoms with Crippen LogP contribution in [0.15, 0.2) is 29.4 Å². The fraction of sp³-hybridized carbons (Fsp3) is 0.529. The molecular weight excluding hydrogens is 340 g/mol. The standard InChI is InChI=1S/C17H24N4O3S/c1-4-21-14(3)15(12-19-21)25(23,24)20-9-7-17(22,8-10-20)16-6-5-13(2)11-18-16/h5-6,11-12,22H,4,7-10H2,1-3H3. The molecule has 3 heterocycles. The number of aliphatic hydroxyl groups is 1. The van der Waals surface area contributed by atoms with E-state index in [9.17, 15) is 13.5 Å². The lowest BCUT2D eigenvalue weighted by atomic mass is 9.88. The van der Waals surface area contributed by atoms with Crippen LogP contribution in [0.3, 0.4) is 0 Å². The smallest absolute Gasteiger partial charge is 0.246 e. The van der Waals surface area contributed by atoms with E-state index in [1.807, 2.05) is 26.0 Å². The molecule has 7 nitrogen and oxygen atoms in total. The third-order valence-corrected chi connectivity index (χ3v) is 6.91. The molecule has 0 amide bonds. The molecule has 25 heavy (non-hydrogen) atoms. The predicted molar refractivity (Wildman–Crippen MR) is 93.5 cm³/mol. The highest BCUT2D eigenvalue weighted by atomic mass is 32.2. The number of aryl methyl sites for hydroxylation is 2. The number of rotatable bonds is 4. The van der Waals surface area contributed by atoms with Gasteiger partial charge in [-0.3, -0.25) is 9.67 Å². The van der Waals surface area contributed by atoms with Crippen molar-refractivity contribution in [3.63, 3.8) is 0 Å². The number of hydrogen-bond donors (Lipinski definition) is 1. The fourth-order valence-corrected chi connectivity index (χ4v) is 4.84. The van der Waals surface area contributed by atoms with Crippen molar-refractivity contribution in [2.75, 3.05) is 13.1 Å². The molecule has 2 aromatic heterocycles. The number of hydrogen-bond acceptors (Lipinski definition) is 5. The molecule has 1 N–H and O–H groups in total. The van der Waals surface area contributed by atoms with Crippen molar-refractivity contribution in [3.05, 3.63) is 41.5 Å². The average molecular weight is 364 g/mol. The third-order valence-electron chi connectivity index (χ3n) is 4.91. The van der Waals surface area contributed by atoms with Crippen molar-refractivity contribution in [2.24, 2.45) is 0 Å². The van der Waals surface area contributed by atoms with Crippen molar-refractivity contribution < 1.29 is 13.5 Å². The number of nitrogens with zero attached hydrogens (tertiary/aromatic N) is 4. The molecule has 1 aliphatic rings. The molecule has 3 rings (SSSR count). The Morgan fingerprint density at radius 2 is 1.88 bits per heavy atom. The van der Waals surface area contributed by atoms with E-state index in [0.29, 0.717) is 30.8 Å². The van der Waals surface area contributed by atoms with Crippen molar-refractivity contribution in [1.29, 1.82) is 0 Å². The molecule has 1 fully saturated rings. The summed E-state index contributed by atoms with van der Waals surface area (Å²) in [4.78, 5) is 4.56. The molecule has 0 radical (unpaired) electrons. The molecule has 0 atom stereocenters. The maximum absolute atomic E-state index is 12.9. The maximum Gasteiger partial charge on any atom is 0.246 e. The van der Waals surface area contributed by atoms with Gasteiger partial charge in [-0.05, 0) is 45.2 Å². The minimum absolute atomic E-state index is 0.244. The van der Waals surface area contributed by atoms with Crippen LogP contribution in [0, 0.1) is 13.8 Å². The second kappa shape index (κ2) is 6.51. The molecule has 1 saturated heterocycles. The molecule has 8 heteroatoms. The van der Waals surface area contributed by atoms with Gasteiger partial charge in [-0.25, -0.2) is 8.42 Å². The largest absolute Gasteiger partial charge is 0.383 e. The van der Waals surface area contributed by atoms with Gasteiger partial charge in [0.15, 0.2) is 0 Å². The average Bonchev–Trinajstić information content (AvgIpc) is 2.97. The zero-order valence-electron chi connectivity index (χ0n) is 14.8. The Hall–Kier alpha value is -1.77. The van der Waals surface area contributed by atoms with Crippen LogP contribution in [-0.4, -0.2) is 45.7 Å². The topological polar surface area (TPSA) is 88.3 Å². The summed E-state index contributed by atoms with van der Waals surface area (Å²) in [6.07, 6.45) is 3.78. The molecule has 2 aromatic rings. The van der Waals surface area contributed by atoms with Gasteiger partial charge in [0.05, 0.1) is 17.6 Å². The van der Waals surface area contributed by atoms with Gasteiger partial charge in [-0.15, -0.1) is 0 Å². The van der Waals surface area contributed by atoms with Crippen LogP contribution in [0.2, 0.25) is 0 Å². The number of aromatic nitrogens is 3. The first-order valence-electron chi connectivity index (χ1n) is 8.46. The van der Waals surface area contributed by atoms with E-state index < -0.39 is 15.6 Å². The highest BCUT2D eigenvalue weighted by Crippen LogP contribution is 2.34. The minimum Gasteiger partial charge on any atom is -0.383 e. The molecule has 0 spiro atoms. The number of sulfonamides is 1. The Bertz CT molecular complexity index is 851. The summed E-state index contributed by atoms with van der Waals surface area (Å²) in [5.74, 6) is 0. The molecule has 136 valence electrons. The van der Waals surface area contributed by atoms with Crippen molar-refractivity contribution in [2.45, 2.75) is 50.7 Å². The number of pyridine rings is 1. The molecule has 0 aromatic carbocycles. The van der Waals surface area contributed by atoms with Gasteiger partial charge in [0.2, 0.25) is 10.0 Å². The van der Waals surface area contributed by atoms with Gasteiger partial charge in [-0.1, -0.05) is 6.07 Å². The maximum atomic E-state index is 12.9. The van der Waals surface area contributed by atoms with E-state index in [-0.39, 0.29) is 18.0 Å². The van der Waals surface area contributed by atoms with Gasteiger partial charge < -0.3 is 5.11 Å². The van der Waals surface area contributed by atoms with Gasteiger partial charge in [-0.2, -0.15) is 9.40 Å². The van der Waals surface area contributed by atoms with Crippen LogP contribution in [0.1, 0.15) is 36.7 Å². The van der Waals surface area contributed by atoms with Gasteiger partial charge in [0, 0.05) is 25.8 Å². The van der Waals surface area contributed by atoms with Gasteiger partial charge in [0.1, 0.15) is 10.5 Å². The normalized spacial score (nSPS) is 18.4. The Morgan fingerprint density at radius 3 is 2.40 bits per heavy atom. The first kappa shape index (κ1) is 18.0. The lowest BCUT2D eigenvalue weighted by Gasteiger charge is -2.37. The van der Waals surface area contributed by atoms with Gasteiger partial charge in [0.25, 0.3) is 0 Å². The summed E-state index contributed by atoms with van der Waals surface area (Å²) in [7, 11) is -3.60. The zero-order chi connectivity index (χ0) is 18.2. The molecule has 0 aliphatic carbocycles. The fourth-order valence-electron chi connectivity index (χ4n) is 3.24. The Morgan fingerprint density at radius 1 is 1.20 bits per heavy atom. The van der Waals surface area contributed by atoms with E-state index in [0.717, 1.165) is 5.56 Å². The second-order valence-electron chi connectivity index (χ2n) is 6.57. The van der Waals surface area contributed by atoms with Crippen LogP contribution in [-0.2, 0) is 22.2 Å². The Kier molecular flexibility index (Phi) is 4.70. The SMILES string of the molecule is CCn1ncc(S(=O)(=O)N2CCC(O)(c3ccc(C)cn3)CC2)c1C. The molecule has 0 saturated carbocycles. The van der Waals surface area contributed by atoms with Crippen LogP contribution in [0.25, 0.3) is 0 Å². The number of piperidine rings is 1. The summed E-state index contributed by atoms with van der Waals surface area (Å²) >= 11 is 0. The van der Waals surface area contributed by atoms with E-state index in [1.165, 1.54) is 10.5 Å². The minimum atomic E-state index is -3.60. The monoisotopic (exact) mass is 364 g/mol. The summed E-state index contributed by atoms with van der Waals surface area (Å²) < 4.78 is 28.9. The molecular formula is C17H24N4O3S. The van der Waals surface area contributed by atoms with Crippen molar-refractivity contribution in [3.8, 4) is 0 Å². The first-order chi connectivity index (χ1) is 11.8. The molecule has 0 unspecified atom stereocenters. The summed E-state index contributed by atoms with van der Waals surface area (Å²) in [5.41, 5.74) is 1.19. The van der Waals surface area contributed by atoms with E-state index >= 15 is 0 Å². The highest BCUT2D eigenvalue weighted by molar-refractivity contribution is 7.89. The summed E-state index contributed by atoms with van der Waals surface area (Å²) in [5, 5.41) is 15.0. The lowest BCUT2D eigenvalue weighted by molar-refractivity contribution is -0.0134. The Labute approximate surface area is 148 Å². The predicted octanol–water partition coefficient (Wildman–Crippen LogP) is 1.59. The lowest BCUT2D eigenvalue weighted by Crippen LogP contribution is -2.45. The summed E-state index contributed by atoms with van der Waals surface area (Å²) in [6.45, 7) is 6.76. The van der Waals surface area contributed by atoms with Gasteiger partial charge >= 0.3 is 0 Å². The summed E-state index contributed by atoms with van der Waals surface area (Å²) in [6, 6.07) is 3.72. The van der Waals surface area contributed by atoms with Crippen molar-refractivity contribution >= 4 is 10.0 Å². The van der Waals surface area contributed by atoms with Crippen LogP contribution in [0.5, 0.6) is 0 Å². The van der Waals surface area contributed by atoms with Crippen LogP contribution in [0.4, 0.5) is 0 Å². The van der Waals surface area contributed by atoms with E-state index in [4.69, 9.17) is 0 Å². The first-order valence-corrected chi connectivity index (χ1v) is 9.90. The second-order valence-corrected chi connectivity index (χ2v) is 8.47. The third kappa shape index (κ3) is 3.21.